The van der Waals surface area contributed by atoms with Gasteiger partial charge < -0.3 is 10.6 Å². The number of amides is 2. The number of nitrogens with zero attached hydrogens (tertiary/aromatic N) is 1. The molecule has 0 aliphatic rings. The second kappa shape index (κ2) is 7.94. The zero-order valence-corrected chi connectivity index (χ0v) is 13.3. The van der Waals surface area contributed by atoms with Crippen LogP contribution in [0.15, 0.2) is 18.3 Å². The Balaban J connectivity index is 2.29. The van der Waals surface area contributed by atoms with Crippen LogP contribution >= 0.6 is 0 Å². The molecule has 0 aliphatic heterocycles. The molecule has 1 aromatic heterocycles. The minimum atomic E-state index is -3.22. The van der Waals surface area contributed by atoms with Gasteiger partial charge in [0.2, 0.25) is 10.0 Å². The van der Waals surface area contributed by atoms with E-state index < -0.39 is 10.0 Å². The average Bonchev–Trinajstić information content (AvgIpc) is 2.36. The molecule has 1 aromatic rings. The summed E-state index contributed by atoms with van der Waals surface area (Å²) in [4.78, 5) is 15.9. The summed E-state index contributed by atoms with van der Waals surface area (Å²) in [5, 5.41) is 5.38. The van der Waals surface area contributed by atoms with Gasteiger partial charge in [-0.25, -0.2) is 17.9 Å². The topological polar surface area (TPSA) is 100 Å². The molecule has 0 radical (unpaired) electrons. The molecule has 8 heteroatoms. The molecule has 1 atom stereocenters. The highest BCUT2D eigenvalue weighted by atomic mass is 32.2. The van der Waals surface area contributed by atoms with Gasteiger partial charge in [0.25, 0.3) is 0 Å². The number of hydrogen-bond acceptors (Lipinski definition) is 4. The summed E-state index contributed by atoms with van der Waals surface area (Å²) in [6, 6.07) is 3.46. The quantitative estimate of drug-likeness (QED) is 0.625. The summed E-state index contributed by atoms with van der Waals surface area (Å²) < 4.78 is 24.0. The van der Waals surface area contributed by atoms with Gasteiger partial charge in [-0.05, 0) is 25.5 Å². The number of nitrogens with one attached hydrogen (secondary N) is 3. The molecule has 0 spiro atoms. The zero-order chi connectivity index (χ0) is 15.9. The van der Waals surface area contributed by atoms with E-state index in [9.17, 15) is 13.2 Å². The summed E-state index contributed by atoms with van der Waals surface area (Å²) >= 11 is 0. The Kier molecular flexibility index (Phi) is 6.57. The van der Waals surface area contributed by atoms with Crippen molar-refractivity contribution < 1.29 is 13.2 Å². The molecule has 1 heterocycles. The fourth-order valence-electron chi connectivity index (χ4n) is 1.76. The fourth-order valence-corrected chi connectivity index (χ4v) is 2.23. The van der Waals surface area contributed by atoms with Crippen molar-refractivity contribution in [3.8, 4) is 0 Å². The van der Waals surface area contributed by atoms with E-state index in [1.54, 1.807) is 6.20 Å². The van der Waals surface area contributed by atoms with Crippen molar-refractivity contribution >= 4 is 16.1 Å². The molecule has 0 saturated heterocycles. The van der Waals surface area contributed by atoms with E-state index in [0.717, 1.165) is 17.5 Å². The van der Waals surface area contributed by atoms with Gasteiger partial charge in [-0.2, -0.15) is 0 Å². The molecule has 0 aliphatic carbocycles. The van der Waals surface area contributed by atoms with Crippen molar-refractivity contribution in [1.29, 1.82) is 0 Å². The van der Waals surface area contributed by atoms with Crippen molar-refractivity contribution in [3.05, 3.63) is 29.6 Å². The van der Waals surface area contributed by atoms with Crippen LogP contribution < -0.4 is 15.4 Å². The van der Waals surface area contributed by atoms with Crippen molar-refractivity contribution in [2.75, 3.05) is 19.3 Å². The third-order valence-corrected chi connectivity index (χ3v) is 3.50. The van der Waals surface area contributed by atoms with E-state index in [4.69, 9.17) is 0 Å². The van der Waals surface area contributed by atoms with Crippen molar-refractivity contribution in [2.24, 2.45) is 0 Å². The van der Waals surface area contributed by atoms with Crippen LogP contribution in [0.1, 0.15) is 18.2 Å². The minimum absolute atomic E-state index is 0.0681. The van der Waals surface area contributed by atoms with Gasteiger partial charge in [-0.3, -0.25) is 4.98 Å². The third-order valence-electron chi connectivity index (χ3n) is 2.77. The van der Waals surface area contributed by atoms with Crippen LogP contribution in [-0.4, -0.2) is 44.8 Å². The zero-order valence-electron chi connectivity index (χ0n) is 12.5. The second-order valence-corrected chi connectivity index (χ2v) is 6.77. The molecule has 0 aromatic carbocycles. The lowest BCUT2D eigenvalue weighted by molar-refractivity contribution is 0.238. The third kappa shape index (κ3) is 7.62. The number of rotatable bonds is 7. The van der Waals surface area contributed by atoms with Gasteiger partial charge >= 0.3 is 6.03 Å². The number of urea groups is 1. The number of aryl methyl sites for hydroxylation is 1. The van der Waals surface area contributed by atoms with Gasteiger partial charge in [0.05, 0.1) is 6.26 Å². The number of sulfonamides is 1. The summed E-state index contributed by atoms with van der Waals surface area (Å²) in [6.45, 7) is 4.27. The highest BCUT2D eigenvalue weighted by molar-refractivity contribution is 7.88. The van der Waals surface area contributed by atoms with E-state index in [-0.39, 0.29) is 25.2 Å². The van der Waals surface area contributed by atoms with Crippen LogP contribution in [0.4, 0.5) is 4.79 Å². The van der Waals surface area contributed by atoms with Crippen LogP contribution in [0.2, 0.25) is 0 Å². The number of aromatic nitrogens is 1. The first-order valence-electron chi connectivity index (χ1n) is 6.67. The second-order valence-electron chi connectivity index (χ2n) is 4.94. The molecule has 0 fully saturated rings. The summed E-state index contributed by atoms with van der Waals surface area (Å²) in [5.41, 5.74) is 2.04. The van der Waals surface area contributed by atoms with Crippen molar-refractivity contribution in [2.45, 2.75) is 26.3 Å². The standard InChI is InChI=1S/C13H22N4O3S/c1-10-5-4-6-14-12(10)9-11(2)17-13(18)15-7-8-16-21(3,19)20/h4-6,11,16H,7-9H2,1-3H3,(H2,15,17,18)/t11-/m0/s1. The maximum atomic E-state index is 11.6. The largest absolute Gasteiger partial charge is 0.337 e. The smallest absolute Gasteiger partial charge is 0.315 e. The predicted molar refractivity (Wildman–Crippen MR) is 81.5 cm³/mol. The first-order valence-corrected chi connectivity index (χ1v) is 8.56. The normalized spacial score (nSPS) is 12.7. The Hall–Kier alpha value is -1.67. The molecule has 3 N–H and O–H groups in total. The predicted octanol–water partition coefficient (Wildman–Crippen LogP) is 0.169. The SMILES string of the molecule is Cc1cccnc1C[C@H](C)NC(=O)NCCNS(C)(=O)=O. The lowest BCUT2D eigenvalue weighted by Gasteiger charge is -2.15. The van der Waals surface area contributed by atoms with E-state index >= 15 is 0 Å². The van der Waals surface area contributed by atoms with Crippen LogP contribution in [0.25, 0.3) is 0 Å². The molecule has 2 amide bonds. The lowest BCUT2D eigenvalue weighted by atomic mass is 10.1. The number of carbonyl (C=O) groups excluding carboxylic acids is 1. The molecular weight excluding hydrogens is 292 g/mol. The molecule has 0 bridgehead atoms. The number of carbonyl (C=O) groups is 1. The molecular formula is C13H22N4O3S. The van der Waals surface area contributed by atoms with E-state index in [2.05, 4.69) is 20.3 Å². The summed E-state index contributed by atoms with van der Waals surface area (Å²) in [6.07, 6.45) is 3.44. The molecule has 1 rings (SSSR count). The summed E-state index contributed by atoms with van der Waals surface area (Å²) in [7, 11) is -3.22. The first kappa shape index (κ1) is 17.4. The van der Waals surface area contributed by atoms with Gasteiger partial charge in [0.1, 0.15) is 0 Å². The van der Waals surface area contributed by atoms with Crippen LogP contribution in [0, 0.1) is 6.92 Å². The highest BCUT2D eigenvalue weighted by Crippen LogP contribution is 2.05. The monoisotopic (exact) mass is 314 g/mol. The Labute approximate surface area is 125 Å². The van der Waals surface area contributed by atoms with E-state index in [1.165, 1.54) is 0 Å². The average molecular weight is 314 g/mol. The molecule has 21 heavy (non-hydrogen) atoms. The van der Waals surface area contributed by atoms with Crippen LogP contribution in [0.5, 0.6) is 0 Å². The Morgan fingerprint density at radius 3 is 2.71 bits per heavy atom. The van der Waals surface area contributed by atoms with Gasteiger partial charge in [-0.15, -0.1) is 0 Å². The van der Waals surface area contributed by atoms with Gasteiger partial charge in [0.15, 0.2) is 0 Å². The van der Waals surface area contributed by atoms with Crippen LogP contribution in [0.3, 0.4) is 0 Å². The van der Waals surface area contributed by atoms with Gasteiger partial charge in [0, 0.05) is 37.4 Å². The maximum absolute atomic E-state index is 11.6. The number of hydrogen-bond donors (Lipinski definition) is 3. The van der Waals surface area contributed by atoms with Crippen LogP contribution in [-0.2, 0) is 16.4 Å². The highest BCUT2D eigenvalue weighted by Gasteiger charge is 2.10. The molecule has 7 nitrogen and oxygen atoms in total. The minimum Gasteiger partial charge on any atom is -0.337 e. The fraction of sp³-hybridized carbons (Fsp3) is 0.538. The number of pyridine rings is 1. The van der Waals surface area contributed by atoms with E-state index in [1.807, 2.05) is 26.0 Å². The first-order chi connectivity index (χ1) is 9.78. The van der Waals surface area contributed by atoms with Crippen molar-refractivity contribution in [1.82, 2.24) is 20.3 Å². The van der Waals surface area contributed by atoms with Gasteiger partial charge in [-0.1, -0.05) is 6.07 Å². The van der Waals surface area contributed by atoms with E-state index in [0.29, 0.717) is 6.42 Å². The van der Waals surface area contributed by atoms with Crippen molar-refractivity contribution in [3.63, 3.8) is 0 Å². The molecule has 0 unspecified atom stereocenters. The summed E-state index contributed by atoms with van der Waals surface area (Å²) in [5.74, 6) is 0. The Bertz CT molecular complexity index is 575. The Morgan fingerprint density at radius 2 is 2.10 bits per heavy atom. The Morgan fingerprint density at radius 1 is 1.38 bits per heavy atom. The molecule has 0 saturated carbocycles. The lowest BCUT2D eigenvalue weighted by Crippen LogP contribution is -2.44. The maximum Gasteiger partial charge on any atom is 0.315 e. The molecule has 118 valence electrons.